The number of ether oxygens (including phenoxy) is 2. The third kappa shape index (κ3) is 8.29. The number of carbonyl (C=O) groups is 2. The van der Waals surface area contributed by atoms with Crippen LogP contribution in [0.4, 0.5) is 34.1 Å². The van der Waals surface area contributed by atoms with Crippen LogP contribution in [0.15, 0.2) is 153 Å². The van der Waals surface area contributed by atoms with Crippen LogP contribution in [0.5, 0.6) is 11.5 Å². The zero-order valence-corrected chi connectivity index (χ0v) is 30.7. The molecular weight excluding hydrogens is 657 g/mol. The molecule has 0 N–H and O–H groups in total. The maximum atomic E-state index is 12.1. The molecule has 0 radical (unpaired) electrons. The predicted molar refractivity (Wildman–Crippen MR) is 217 cm³/mol. The summed E-state index contributed by atoms with van der Waals surface area (Å²) < 4.78 is 10.9. The van der Waals surface area contributed by atoms with Crippen LogP contribution in [0.1, 0.15) is 27.8 Å². The zero-order chi connectivity index (χ0) is 37.6. The van der Waals surface area contributed by atoms with E-state index in [1.807, 2.05) is 31.2 Å². The van der Waals surface area contributed by atoms with Gasteiger partial charge in [0.25, 0.3) is 0 Å². The zero-order valence-electron chi connectivity index (χ0n) is 30.7. The first-order chi connectivity index (χ1) is 25.5. The van der Waals surface area contributed by atoms with Gasteiger partial charge >= 0.3 is 11.9 Å². The molecule has 0 unspecified atom stereocenters. The SMILES string of the molecule is C=CC(=O)Oc1ccc(N(c2ccc(C)cc2)c2ccc(-c3ccc(N(c4ccc(C)cc4)c4cc(C)cc(OC(=O)C=C)c4)c(C)c3)cc2C)cc1. The molecule has 0 spiro atoms. The molecule has 0 bridgehead atoms. The smallest absolute Gasteiger partial charge is 0.335 e. The largest absolute Gasteiger partial charge is 0.423 e. The molecule has 6 rings (SSSR count). The number of aryl methyl sites for hydroxylation is 5. The van der Waals surface area contributed by atoms with Crippen molar-refractivity contribution in [1.29, 1.82) is 0 Å². The molecule has 0 amide bonds. The van der Waals surface area contributed by atoms with Crippen molar-refractivity contribution < 1.29 is 19.1 Å². The highest BCUT2D eigenvalue weighted by Crippen LogP contribution is 2.42. The van der Waals surface area contributed by atoms with Crippen LogP contribution in [0.2, 0.25) is 0 Å². The van der Waals surface area contributed by atoms with Gasteiger partial charge in [0.15, 0.2) is 0 Å². The Morgan fingerprint density at radius 2 is 0.868 bits per heavy atom. The van der Waals surface area contributed by atoms with Crippen LogP contribution in [0, 0.1) is 34.6 Å². The lowest BCUT2D eigenvalue weighted by Gasteiger charge is -2.28. The third-order valence-corrected chi connectivity index (χ3v) is 8.95. The number of anilines is 6. The Labute approximate surface area is 311 Å². The van der Waals surface area contributed by atoms with Crippen LogP contribution in [-0.2, 0) is 9.59 Å². The van der Waals surface area contributed by atoms with E-state index in [0.717, 1.165) is 73.6 Å². The van der Waals surface area contributed by atoms with Gasteiger partial charge in [-0.15, -0.1) is 0 Å². The summed E-state index contributed by atoms with van der Waals surface area (Å²) in [6, 6.07) is 43.1. The average Bonchev–Trinajstić information content (AvgIpc) is 3.15. The number of hydrogen-bond acceptors (Lipinski definition) is 6. The minimum absolute atomic E-state index is 0.452. The summed E-state index contributed by atoms with van der Waals surface area (Å²) in [6.07, 6.45) is 2.32. The van der Waals surface area contributed by atoms with Crippen molar-refractivity contribution in [3.8, 4) is 22.6 Å². The second-order valence-corrected chi connectivity index (χ2v) is 13.1. The minimum Gasteiger partial charge on any atom is -0.423 e. The highest BCUT2D eigenvalue weighted by atomic mass is 16.5. The number of nitrogens with zero attached hydrogens (tertiary/aromatic N) is 2. The number of hydrogen-bond donors (Lipinski definition) is 0. The van der Waals surface area contributed by atoms with Crippen LogP contribution in [-0.4, -0.2) is 11.9 Å². The second-order valence-electron chi connectivity index (χ2n) is 13.1. The molecule has 0 atom stereocenters. The average molecular weight is 699 g/mol. The molecule has 0 aliphatic heterocycles. The second kappa shape index (κ2) is 15.7. The number of esters is 2. The Bertz CT molecular complexity index is 2310. The highest BCUT2D eigenvalue weighted by Gasteiger charge is 2.19. The van der Waals surface area contributed by atoms with Gasteiger partial charge in [0.2, 0.25) is 0 Å². The van der Waals surface area contributed by atoms with Gasteiger partial charge in [-0.25, -0.2) is 9.59 Å². The number of carbonyl (C=O) groups excluding carboxylic acids is 2. The lowest BCUT2D eigenvalue weighted by atomic mass is 9.98. The molecule has 0 aromatic heterocycles. The summed E-state index contributed by atoms with van der Waals surface area (Å²) in [5.74, 6) is -0.0924. The van der Waals surface area contributed by atoms with E-state index in [4.69, 9.17) is 9.47 Å². The van der Waals surface area contributed by atoms with E-state index in [1.165, 1.54) is 11.6 Å². The van der Waals surface area contributed by atoms with E-state index in [-0.39, 0.29) is 0 Å². The quantitative estimate of drug-likeness (QED) is 0.0762. The summed E-state index contributed by atoms with van der Waals surface area (Å²) in [7, 11) is 0. The Morgan fingerprint density at radius 1 is 0.453 bits per heavy atom. The summed E-state index contributed by atoms with van der Waals surface area (Å²) in [5.41, 5.74) is 13.5. The normalized spacial score (nSPS) is 10.7. The minimum atomic E-state index is -0.503. The van der Waals surface area contributed by atoms with Gasteiger partial charge in [-0.05, 0) is 147 Å². The van der Waals surface area contributed by atoms with Crippen LogP contribution >= 0.6 is 0 Å². The molecule has 0 aliphatic carbocycles. The first-order valence-electron chi connectivity index (χ1n) is 17.4. The molecule has 6 aromatic rings. The lowest BCUT2D eigenvalue weighted by molar-refractivity contribution is -0.129. The Hall–Kier alpha value is -6.66. The topological polar surface area (TPSA) is 59.1 Å². The molecular formula is C47H42N2O4. The Balaban J connectivity index is 1.37. The van der Waals surface area contributed by atoms with Gasteiger partial charge in [0.1, 0.15) is 11.5 Å². The van der Waals surface area contributed by atoms with Gasteiger partial charge in [-0.1, -0.05) is 60.7 Å². The van der Waals surface area contributed by atoms with Gasteiger partial charge in [0, 0.05) is 46.7 Å². The molecule has 6 nitrogen and oxygen atoms in total. The van der Waals surface area contributed by atoms with Gasteiger partial charge in [-0.2, -0.15) is 0 Å². The van der Waals surface area contributed by atoms with Crippen molar-refractivity contribution in [1.82, 2.24) is 0 Å². The predicted octanol–water partition coefficient (Wildman–Crippen LogP) is 12.0. The Morgan fingerprint density at radius 3 is 1.30 bits per heavy atom. The first kappa shape index (κ1) is 36.1. The van der Waals surface area contributed by atoms with E-state index in [1.54, 1.807) is 12.1 Å². The van der Waals surface area contributed by atoms with E-state index in [9.17, 15) is 9.59 Å². The molecule has 53 heavy (non-hydrogen) atoms. The summed E-state index contributed by atoms with van der Waals surface area (Å²) in [6.45, 7) is 17.4. The van der Waals surface area contributed by atoms with Crippen LogP contribution < -0.4 is 19.3 Å². The van der Waals surface area contributed by atoms with Crippen molar-refractivity contribution in [2.45, 2.75) is 34.6 Å². The fourth-order valence-electron chi connectivity index (χ4n) is 6.31. The van der Waals surface area contributed by atoms with Crippen LogP contribution in [0.25, 0.3) is 11.1 Å². The van der Waals surface area contributed by atoms with Crippen molar-refractivity contribution in [3.05, 3.63) is 181 Å². The fourth-order valence-corrected chi connectivity index (χ4v) is 6.31. The summed E-state index contributed by atoms with van der Waals surface area (Å²) in [5, 5.41) is 0. The molecule has 6 heteroatoms. The van der Waals surface area contributed by atoms with E-state index < -0.39 is 11.9 Å². The van der Waals surface area contributed by atoms with E-state index in [0.29, 0.717) is 11.5 Å². The first-order valence-corrected chi connectivity index (χ1v) is 17.4. The highest BCUT2D eigenvalue weighted by molar-refractivity contribution is 5.86. The summed E-state index contributed by atoms with van der Waals surface area (Å²) >= 11 is 0. The van der Waals surface area contributed by atoms with Crippen molar-refractivity contribution in [2.24, 2.45) is 0 Å². The van der Waals surface area contributed by atoms with Gasteiger partial charge in [-0.3, -0.25) is 0 Å². The van der Waals surface area contributed by atoms with Gasteiger partial charge < -0.3 is 19.3 Å². The molecule has 0 fully saturated rings. The maximum absolute atomic E-state index is 12.1. The lowest BCUT2D eigenvalue weighted by Crippen LogP contribution is -2.12. The molecule has 0 heterocycles. The molecule has 6 aromatic carbocycles. The molecule has 264 valence electrons. The Kier molecular flexibility index (Phi) is 10.7. The van der Waals surface area contributed by atoms with Crippen molar-refractivity contribution >= 4 is 46.1 Å². The molecule has 0 saturated heterocycles. The summed E-state index contributed by atoms with van der Waals surface area (Å²) in [4.78, 5) is 28.3. The number of rotatable bonds is 11. The standard InChI is InChI=1S/C47H42N2O4/c1-8-46(50)52-42-22-20-40(21-23-42)48(38-16-10-31(3)11-17-38)44-24-14-36(28-34(44)6)37-15-25-45(35(7)29-37)49(39-18-12-32(4)13-19-39)41-26-33(5)27-43(30-41)53-47(51)9-2/h8-30H,1-2H2,3-7H3. The third-order valence-electron chi connectivity index (χ3n) is 8.95. The van der Waals surface area contributed by atoms with E-state index in [2.05, 4.69) is 142 Å². The van der Waals surface area contributed by atoms with E-state index >= 15 is 0 Å². The number of benzene rings is 6. The van der Waals surface area contributed by atoms with Crippen molar-refractivity contribution in [3.63, 3.8) is 0 Å². The fraction of sp³-hybridized carbons (Fsp3) is 0.106. The molecule has 0 saturated carbocycles. The van der Waals surface area contributed by atoms with Crippen LogP contribution in [0.3, 0.4) is 0 Å². The molecule has 0 aliphatic rings. The monoisotopic (exact) mass is 698 g/mol. The van der Waals surface area contributed by atoms with Gasteiger partial charge in [0.05, 0.1) is 5.69 Å². The maximum Gasteiger partial charge on any atom is 0.335 e. The van der Waals surface area contributed by atoms with Crippen molar-refractivity contribution in [2.75, 3.05) is 9.80 Å².